The van der Waals surface area contributed by atoms with Gasteiger partial charge in [-0.05, 0) is 37.5 Å². The van der Waals surface area contributed by atoms with Gasteiger partial charge < -0.3 is 10.6 Å². The second kappa shape index (κ2) is 7.70. The molecule has 0 aliphatic rings. The second-order valence-corrected chi connectivity index (χ2v) is 7.19. The molecule has 7 nitrogen and oxygen atoms in total. The quantitative estimate of drug-likeness (QED) is 0.702. The van der Waals surface area contributed by atoms with E-state index < -0.39 is 0 Å². The number of aryl methyl sites for hydroxylation is 2. The molecule has 142 valence electrons. The summed E-state index contributed by atoms with van der Waals surface area (Å²) in [5, 5.41) is 5.10. The van der Waals surface area contributed by atoms with E-state index in [-0.39, 0.29) is 11.9 Å². The van der Waals surface area contributed by atoms with Crippen LogP contribution in [0.2, 0.25) is 10.0 Å². The lowest BCUT2D eigenvalue weighted by molar-refractivity contribution is -0.130. The Hall–Kier alpha value is -2.38. The van der Waals surface area contributed by atoms with E-state index >= 15 is 0 Å². The van der Waals surface area contributed by atoms with Gasteiger partial charge in [0, 0.05) is 31.4 Å². The van der Waals surface area contributed by atoms with E-state index in [0.717, 1.165) is 22.5 Å². The van der Waals surface area contributed by atoms with Crippen molar-refractivity contribution in [2.24, 2.45) is 0 Å². The maximum absolute atomic E-state index is 12.6. The number of nitrogen functional groups attached to an aromatic ring is 1. The Balaban J connectivity index is 1.71. The minimum Gasteiger partial charge on any atom is -0.366 e. The first-order valence-electron chi connectivity index (χ1n) is 8.43. The van der Waals surface area contributed by atoms with Gasteiger partial charge in [-0.3, -0.25) is 4.79 Å². The normalized spacial score (nSPS) is 11.1. The van der Waals surface area contributed by atoms with Crippen molar-refractivity contribution in [1.82, 2.24) is 24.5 Å². The van der Waals surface area contributed by atoms with Crippen LogP contribution in [0.5, 0.6) is 0 Å². The van der Waals surface area contributed by atoms with Crippen LogP contribution in [0.3, 0.4) is 0 Å². The van der Waals surface area contributed by atoms with Crippen molar-refractivity contribution in [2.45, 2.75) is 33.2 Å². The van der Waals surface area contributed by atoms with Crippen LogP contribution in [-0.2, 0) is 17.8 Å². The molecule has 0 unspecified atom stereocenters. The molecule has 2 aromatic heterocycles. The molecule has 0 spiro atoms. The number of carbonyl (C=O) groups excluding carboxylic acids is 1. The van der Waals surface area contributed by atoms with Gasteiger partial charge in [-0.2, -0.15) is 9.50 Å². The van der Waals surface area contributed by atoms with E-state index in [0.29, 0.717) is 35.2 Å². The molecular formula is C18H20Cl2N6O. The molecule has 0 radical (unpaired) electrons. The summed E-state index contributed by atoms with van der Waals surface area (Å²) in [6.45, 7) is 4.21. The maximum Gasteiger partial charge on any atom is 0.254 e. The topological polar surface area (TPSA) is 89.4 Å². The molecule has 0 aliphatic heterocycles. The van der Waals surface area contributed by atoms with Crippen LogP contribution in [0.4, 0.5) is 5.95 Å². The molecule has 0 saturated heterocycles. The number of anilines is 1. The monoisotopic (exact) mass is 406 g/mol. The molecule has 3 aromatic rings. The standard InChI is InChI=1S/C18H20Cl2N6O/c1-10-13(11(2)26-18(22-10)23-17(21)24-26)7-8-15(27)25(3)9-12-5-4-6-14(19)16(12)20/h4-6H,7-9H2,1-3H3,(H2,21,24). The van der Waals surface area contributed by atoms with Crippen molar-refractivity contribution >= 4 is 40.8 Å². The zero-order valence-electron chi connectivity index (χ0n) is 15.3. The van der Waals surface area contributed by atoms with E-state index in [4.69, 9.17) is 28.9 Å². The number of aromatic nitrogens is 4. The molecule has 1 aromatic carbocycles. The zero-order valence-corrected chi connectivity index (χ0v) is 16.8. The van der Waals surface area contributed by atoms with E-state index in [1.165, 1.54) is 0 Å². The first-order chi connectivity index (χ1) is 12.8. The first kappa shape index (κ1) is 19.4. The molecule has 0 aliphatic carbocycles. The van der Waals surface area contributed by atoms with Gasteiger partial charge in [0.25, 0.3) is 5.78 Å². The van der Waals surface area contributed by atoms with Crippen molar-refractivity contribution in [3.8, 4) is 0 Å². The Bertz CT molecular complexity index is 1020. The van der Waals surface area contributed by atoms with Crippen molar-refractivity contribution in [2.75, 3.05) is 12.8 Å². The Morgan fingerprint density at radius 3 is 2.74 bits per heavy atom. The molecule has 0 fully saturated rings. The van der Waals surface area contributed by atoms with Crippen LogP contribution >= 0.6 is 23.2 Å². The molecule has 2 N–H and O–H groups in total. The highest BCUT2D eigenvalue weighted by Gasteiger charge is 2.16. The van der Waals surface area contributed by atoms with Crippen LogP contribution in [0, 0.1) is 13.8 Å². The molecule has 2 heterocycles. The summed E-state index contributed by atoms with van der Waals surface area (Å²) in [6, 6.07) is 5.40. The van der Waals surface area contributed by atoms with Crippen LogP contribution < -0.4 is 5.73 Å². The second-order valence-electron chi connectivity index (χ2n) is 6.41. The van der Waals surface area contributed by atoms with Gasteiger partial charge in [-0.1, -0.05) is 35.3 Å². The first-order valence-corrected chi connectivity index (χ1v) is 9.18. The number of hydrogen-bond acceptors (Lipinski definition) is 5. The number of amides is 1. The molecule has 0 bridgehead atoms. The predicted octanol–water partition coefficient (Wildman–Crippen LogP) is 3.22. The summed E-state index contributed by atoms with van der Waals surface area (Å²) < 4.78 is 1.61. The lowest BCUT2D eigenvalue weighted by Gasteiger charge is -2.19. The Morgan fingerprint density at radius 2 is 2.00 bits per heavy atom. The number of carbonyl (C=O) groups is 1. The molecule has 27 heavy (non-hydrogen) atoms. The summed E-state index contributed by atoms with van der Waals surface area (Å²) in [6.07, 6.45) is 0.889. The maximum atomic E-state index is 12.6. The van der Waals surface area contributed by atoms with E-state index in [1.54, 1.807) is 22.5 Å². The third-order valence-electron chi connectivity index (χ3n) is 4.52. The summed E-state index contributed by atoms with van der Waals surface area (Å²) in [7, 11) is 1.75. The lowest BCUT2D eigenvalue weighted by Crippen LogP contribution is -2.26. The number of hydrogen-bond donors (Lipinski definition) is 1. The lowest BCUT2D eigenvalue weighted by atomic mass is 10.1. The van der Waals surface area contributed by atoms with Crippen LogP contribution in [0.25, 0.3) is 5.78 Å². The largest absolute Gasteiger partial charge is 0.366 e. The van der Waals surface area contributed by atoms with Crippen molar-refractivity contribution in [3.63, 3.8) is 0 Å². The fourth-order valence-corrected chi connectivity index (χ4v) is 3.40. The summed E-state index contributed by atoms with van der Waals surface area (Å²) in [5.41, 5.74) is 9.14. The third kappa shape index (κ3) is 3.99. The highest BCUT2D eigenvalue weighted by Crippen LogP contribution is 2.26. The fraction of sp³-hybridized carbons (Fsp3) is 0.333. The van der Waals surface area contributed by atoms with Gasteiger partial charge in [0.05, 0.1) is 10.0 Å². The van der Waals surface area contributed by atoms with Crippen molar-refractivity contribution in [3.05, 3.63) is 50.8 Å². The van der Waals surface area contributed by atoms with E-state index in [9.17, 15) is 4.79 Å². The number of fused-ring (bicyclic) bond motifs is 1. The summed E-state index contributed by atoms with van der Waals surface area (Å²) >= 11 is 12.2. The van der Waals surface area contributed by atoms with E-state index in [1.807, 2.05) is 26.0 Å². The van der Waals surface area contributed by atoms with Crippen LogP contribution in [0.1, 0.15) is 28.9 Å². The van der Waals surface area contributed by atoms with Gasteiger partial charge >= 0.3 is 0 Å². The van der Waals surface area contributed by atoms with Crippen molar-refractivity contribution in [1.29, 1.82) is 0 Å². The van der Waals surface area contributed by atoms with Crippen molar-refractivity contribution < 1.29 is 4.79 Å². The molecule has 0 atom stereocenters. The Labute approximate surface area is 167 Å². The Kier molecular flexibility index (Phi) is 5.53. The number of benzene rings is 1. The molecule has 1 amide bonds. The van der Waals surface area contributed by atoms with Gasteiger partial charge in [0.15, 0.2) is 0 Å². The number of halogens is 2. The minimum atomic E-state index is 0.00282. The molecular weight excluding hydrogens is 387 g/mol. The zero-order chi connectivity index (χ0) is 19.7. The predicted molar refractivity (Wildman–Crippen MR) is 106 cm³/mol. The highest BCUT2D eigenvalue weighted by molar-refractivity contribution is 6.42. The molecule has 9 heteroatoms. The Morgan fingerprint density at radius 1 is 1.26 bits per heavy atom. The van der Waals surface area contributed by atoms with Gasteiger partial charge in [-0.25, -0.2) is 4.98 Å². The highest BCUT2D eigenvalue weighted by atomic mass is 35.5. The number of rotatable bonds is 5. The number of nitrogens with zero attached hydrogens (tertiary/aromatic N) is 5. The molecule has 0 saturated carbocycles. The summed E-state index contributed by atoms with van der Waals surface area (Å²) in [5.74, 6) is 0.643. The smallest absolute Gasteiger partial charge is 0.254 e. The van der Waals surface area contributed by atoms with E-state index in [2.05, 4.69) is 15.1 Å². The third-order valence-corrected chi connectivity index (χ3v) is 5.38. The van der Waals surface area contributed by atoms with Crippen LogP contribution in [-0.4, -0.2) is 37.4 Å². The number of nitrogens with two attached hydrogens (primary N) is 1. The summed E-state index contributed by atoms with van der Waals surface area (Å²) in [4.78, 5) is 22.7. The SMILES string of the molecule is Cc1nc2nc(N)nn2c(C)c1CCC(=O)N(C)Cc1cccc(Cl)c1Cl. The fourth-order valence-electron chi connectivity index (χ4n) is 3.02. The van der Waals surface area contributed by atoms with Gasteiger partial charge in [0.1, 0.15) is 0 Å². The van der Waals surface area contributed by atoms with Crippen LogP contribution in [0.15, 0.2) is 18.2 Å². The van der Waals surface area contributed by atoms with Gasteiger partial charge in [0.2, 0.25) is 11.9 Å². The minimum absolute atomic E-state index is 0.00282. The van der Waals surface area contributed by atoms with Gasteiger partial charge in [-0.15, -0.1) is 5.10 Å². The molecule has 3 rings (SSSR count). The average molecular weight is 407 g/mol. The average Bonchev–Trinajstić information content (AvgIpc) is 2.98.